The zero-order valence-electron chi connectivity index (χ0n) is 23.7. The van der Waals surface area contributed by atoms with Crippen molar-refractivity contribution in [1.29, 1.82) is 0 Å². The molecule has 9 nitrogen and oxygen atoms in total. The van der Waals surface area contributed by atoms with Crippen LogP contribution in [-0.2, 0) is 22.7 Å². The molecular formula is C33H30FN5O4. The highest BCUT2D eigenvalue weighted by Crippen LogP contribution is 2.35. The van der Waals surface area contributed by atoms with Crippen LogP contribution < -0.4 is 14.8 Å². The van der Waals surface area contributed by atoms with Gasteiger partial charge in [0.05, 0.1) is 5.52 Å². The first kappa shape index (κ1) is 27.9. The highest BCUT2D eigenvalue weighted by molar-refractivity contribution is 5.98. The Kier molecular flexibility index (Phi) is 7.74. The number of ether oxygens (including phenoxy) is 2. The quantitative estimate of drug-likeness (QED) is 0.236. The lowest BCUT2D eigenvalue weighted by Crippen LogP contribution is -2.42. The Balaban J connectivity index is 1.39. The van der Waals surface area contributed by atoms with Crippen molar-refractivity contribution < 1.29 is 23.5 Å². The average molecular weight is 580 g/mol. The van der Waals surface area contributed by atoms with Crippen molar-refractivity contribution in [2.24, 2.45) is 0 Å². The van der Waals surface area contributed by atoms with E-state index in [1.54, 1.807) is 30.3 Å². The Labute approximate surface area is 247 Å². The van der Waals surface area contributed by atoms with E-state index in [9.17, 15) is 14.0 Å². The van der Waals surface area contributed by atoms with Gasteiger partial charge in [-0.15, -0.1) is 5.10 Å². The van der Waals surface area contributed by atoms with Crippen LogP contribution in [0, 0.1) is 5.82 Å². The number of anilines is 1. The van der Waals surface area contributed by atoms with Crippen molar-refractivity contribution in [3.8, 4) is 11.5 Å². The molecule has 0 aliphatic carbocycles. The Bertz CT molecular complexity index is 1770. The molecule has 1 aromatic heterocycles. The minimum atomic E-state index is -1.03. The van der Waals surface area contributed by atoms with E-state index in [4.69, 9.17) is 9.47 Å². The van der Waals surface area contributed by atoms with Crippen LogP contribution in [0.5, 0.6) is 11.5 Å². The van der Waals surface area contributed by atoms with Crippen molar-refractivity contribution in [3.63, 3.8) is 0 Å². The zero-order valence-corrected chi connectivity index (χ0v) is 23.7. The number of para-hydroxylation sites is 1. The number of nitrogens with zero attached hydrogens (tertiary/aromatic N) is 4. The van der Waals surface area contributed by atoms with E-state index < -0.39 is 17.8 Å². The molecule has 0 bridgehead atoms. The maximum Gasteiger partial charge on any atom is 0.251 e. The molecule has 10 heteroatoms. The molecule has 4 aromatic carbocycles. The molecule has 1 N–H and O–H groups in total. The fraction of sp³-hybridized carbons (Fsp3) is 0.212. The summed E-state index contributed by atoms with van der Waals surface area (Å²) in [6, 6.07) is 25.0. The summed E-state index contributed by atoms with van der Waals surface area (Å²) in [6.07, 6.45) is 0. The van der Waals surface area contributed by atoms with Gasteiger partial charge in [0.1, 0.15) is 23.9 Å². The van der Waals surface area contributed by atoms with Crippen LogP contribution in [0.4, 0.5) is 10.1 Å². The van der Waals surface area contributed by atoms with Gasteiger partial charge in [-0.3, -0.25) is 9.59 Å². The standard InChI is InChI=1S/C33H30FN5O4/c1-21(2)23-9-11-24(12-10-23)32(33(41)35-26-15-16-29-30(17-26)43-20-42-29)38(18-22-7-13-25(34)14-8-22)31(40)19-39-28-6-4-3-5-27(28)36-37-39/h3-17,21,32H,18-20H2,1-2H3,(H,35,41)/t32-/m1/s1. The number of carbonyl (C=O) groups excluding carboxylic acids is 2. The summed E-state index contributed by atoms with van der Waals surface area (Å²) in [7, 11) is 0. The normalized spacial score (nSPS) is 12.8. The molecule has 0 spiro atoms. The van der Waals surface area contributed by atoms with Gasteiger partial charge >= 0.3 is 0 Å². The van der Waals surface area contributed by atoms with Crippen LogP contribution in [-0.4, -0.2) is 38.5 Å². The number of carbonyl (C=O) groups is 2. The Morgan fingerprint density at radius 1 is 0.930 bits per heavy atom. The zero-order chi connectivity index (χ0) is 29.9. The molecule has 2 amide bonds. The summed E-state index contributed by atoms with van der Waals surface area (Å²) in [5.41, 5.74) is 4.24. The van der Waals surface area contributed by atoms with Crippen molar-refractivity contribution in [1.82, 2.24) is 19.9 Å². The summed E-state index contributed by atoms with van der Waals surface area (Å²) in [5, 5.41) is 11.3. The molecule has 0 saturated heterocycles. The molecule has 1 aliphatic heterocycles. The number of amides is 2. The van der Waals surface area contributed by atoms with Gasteiger partial charge in [-0.1, -0.05) is 67.6 Å². The number of hydrogen-bond acceptors (Lipinski definition) is 6. The smallest absolute Gasteiger partial charge is 0.251 e. The van der Waals surface area contributed by atoms with Gasteiger partial charge in [-0.05, 0) is 59.0 Å². The summed E-state index contributed by atoms with van der Waals surface area (Å²) < 4.78 is 26.2. The van der Waals surface area contributed by atoms with Gasteiger partial charge in [-0.2, -0.15) is 0 Å². The fourth-order valence-electron chi connectivity index (χ4n) is 5.08. The molecular weight excluding hydrogens is 549 g/mol. The molecule has 5 aromatic rings. The van der Waals surface area contributed by atoms with Gasteiger partial charge in [0.2, 0.25) is 12.7 Å². The number of benzene rings is 4. The maximum absolute atomic E-state index is 14.2. The molecule has 1 aliphatic rings. The maximum atomic E-state index is 14.2. The van der Waals surface area contributed by atoms with Crippen LogP contribution in [0.2, 0.25) is 0 Å². The van der Waals surface area contributed by atoms with E-state index in [0.29, 0.717) is 39.3 Å². The van der Waals surface area contributed by atoms with Gasteiger partial charge in [-0.25, -0.2) is 9.07 Å². The predicted molar refractivity (Wildman–Crippen MR) is 159 cm³/mol. The van der Waals surface area contributed by atoms with Crippen LogP contribution >= 0.6 is 0 Å². The summed E-state index contributed by atoms with van der Waals surface area (Å²) >= 11 is 0. The third kappa shape index (κ3) is 6.04. The van der Waals surface area contributed by atoms with E-state index >= 15 is 0 Å². The summed E-state index contributed by atoms with van der Waals surface area (Å²) in [5.74, 6) is 0.221. The van der Waals surface area contributed by atoms with Crippen LogP contribution in [0.3, 0.4) is 0 Å². The first-order chi connectivity index (χ1) is 20.9. The van der Waals surface area contributed by atoms with E-state index in [0.717, 1.165) is 5.56 Å². The molecule has 0 radical (unpaired) electrons. The second kappa shape index (κ2) is 11.9. The second-order valence-electron chi connectivity index (χ2n) is 10.7. The van der Waals surface area contributed by atoms with Crippen molar-refractivity contribution in [2.75, 3.05) is 12.1 Å². The molecule has 0 fully saturated rings. The van der Waals surface area contributed by atoms with E-state index in [-0.39, 0.29) is 31.7 Å². The third-order valence-electron chi connectivity index (χ3n) is 7.41. The van der Waals surface area contributed by atoms with E-state index in [2.05, 4.69) is 29.5 Å². The first-order valence-electron chi connectivity index (χ1n) is 14.0. The molecule has 2 heterocycles. The van der Waals surface area contributed by atoms with Crippen LogP contribution in [0.1, 0.15) is 42.5 Å². The van der Waals surface area contributed by atoms with Gasteiger partial charge in [0.15, 0.2) is 11.5 Å². The molecule has 43 heavy (non-hydrogen) atoms. The number of fused-ring (bicyclic) bond motifs is 2. The molecule has 218 valence electrons. The number of aromatic nitrogens is 3. The SMILES string of the molecule is CC(C)c1ccc([C@H](C(=O)Nc2ccc3c(c2)OCO3)N(Cc2ccc(F)cc2)C(=O)Cn2nnc3ccccc32)cc1. The Hall–Kier alpha value is -5.25. The average Bonchev–Trinajstić information content (AvgIpc) is 3.65. The highest BCUT2D eigenvalue weighted by atomic mass is 19.1. The number of rotatable bonds is 9. The number of nitrogens with one attached hydrogen (secondary N) is 1. The number of hydrogen-bond donors (Lipinski definition) is 1. The van der Waals surface area contributed by atoms with Crippen LogP contribution in [0.15, 0.2) is 91.0 Å². The van der Waals surface area contributed by atoms with Crippen molar-refractivity contribution >= 4 is 28.5 Å². The van der Waals surface area contributed by atoms with Crippen molar-refractivity contribution in [2.45, 2.75) is 38.9 Å². The lowest BCUT2D eigenvalue weighted by molar-refractivity contribution is -0.140. The van der Waals surface area contributed by atoms with Gasteiger partial charge in [0, 0.05) is 18.3 Å². The largest absolute Gasteiger partial charge is 0.454 e. The van der Waals surface area contributed by atoms with E-state index in [1.807, 2.05) is 48.5 Å². The van der Waals surface area contributed by atoms with E-state index in [1.165, 1.54) is 21.7 Å². The topological polar surface area (TPSA) is 98.6 Å². The minimum absolute atomic E-state index is 0.0525. The Morgan fingerprint density at radius 3 is 2.42 bits per heavy atom. The molecule has 0 saturated carbocycles. The minimum Gasteiger partial charge on any atom is -0.454 e. The Morgan fingerprint density at radius 2 is 1.65 bits per heavy atom. The summed E-state index contributed by atoms with van der Waals surface area (Å²) in [6.45, 7) is 4.18. The number of halogens is 1. The molecule has 1 atom stereocenters. The summed E-state index contributed by atoms with van der Waals surface area (Å²) in [4.78, 5) is 29.8. The molecule has 0 unspecified atom stereocenters. The van der Waals surface area contributed by atoms with Crippen molar-refractivity contribution in [3.05, 3.63) is 114 Å². The monoisotopic (exact) mass is 579 g/mol. The highest BCUT2D eigenvalue weighted by Gasteiger charge is 2.33. The first-order valence-corrected chi connectivity index (χ1v) is 14.0. The van der Waals surface area contributed by atoms with Crippen LogP contribution in [0.25, 0.3) is 11.0 Å². The lowest BCUT2D eigenvalue weighted by Gasteiger charge is -2.32. The fourth-order valence-corrected chi connectivity index (χ4v) is 5.08. The predicted octanol–water partition coefficient (Wildman–Crippen LogP) is 5.83. The lowest BCUT2D eigenvalue weighted by atomic mass is 9.97. The van der Waals surface area contributed by atoms with Gasteiger partial charge in [0.25, 0.3) is 5.91 Å². The van der Waals surface area contributed by atoms with Gasteiger partial charge < -0.3 is 19.7 Å². The third-order valence-corrected chi connectivity index (χ3v) is 7.41. The second-order valence-corrected chi connectivity index (χ2v) is 10.7. The molecule has 6 rings (SSSR count).